The fourth-order valence-electron chi connectivity index (χ4n) is 11.9. The molecule has 0 saturated heterocycles. The molecule has 0 N–H and O–H groups in total. The molecule has 7 heteroatoms. The van der Waals surface area contributed by atoms with E-state index in [4.69, 9.17) is 0 Å². The molecule has 0 spiro atoms. The van der Waals surface area contributed by atoms with Gasteiger partial charge in [-0.2, -0.15) is 12.1 Å². The van der Waals surface area contributed by atoms with Crippen LogP contribution < -0.4 is 24.8 Å². The molecule has 4 fully saturated rings. The van der Waals surface area contributed by atoms with Crippen molar-refractivity contribution in [3.05, 3.63) is 130 Å². The van der Waals surface area contributed by atoms with E-state index in [0.29, 0.717) is 16.9 Å². The third-order valence-corrected chi connectivity index (χ3v) is 17.2. The molecule has 6 aromatic rings. The van der Waals surface area contributed by atoms with Crippen LogP contribution in [-0.4, -0.2) is 11.6 Å². The molecule has 4 bridgehead atoms. The van der Waals surface area contributed by atoms with Crippen LogP contribution in [0.15, 0.2) is 97.1 Å². The van der Waals surface area contributed by atoms with Crippen molar-refractivity contribution in [2.75, 3.05) is 0 Å². The van der Waals surface area contributed by atoms with E-state index < -0.39 is 18.0 Å². The second-order valence-electron chi connectivity index (χ2n) is 19.6. The minimum atomic E-state index is -3.93. The maximum Gasteiger partial charge on any atom is -0.0270 e. The van der Waals surface area contributed by atoms with E-state index in [0.717, 1.165) is 11.8 Å². The Morgan fingerprint density at radius 2 is 0.984 bits per heavy atom. The summed E-state index contributed by atoms with van der Waals surface area (Å²) in [5, 5.41) is 5.70. The molecule has 0 aliphatic heterocycles. The SMILES string of the molecule is C[Si](=[Zr+2])CCC(F)(F)F.Cc1cc(C)cc(-c2cccc3[cH-]c(CC45CCC(CC4)C5)cc23)c1.Cc1cc(C)cc(-c2cccc3[cH-]c(CC45CCC(CC4)C5)cc23)c1.[Cl-].[Cl-]. The zero-order valence-electron chi connectivity index (χ0n) is 36.7. The molecule has 4 saturated carbocycles. The first-order valence-electron chi connectivity index (χ1n) is 22.3. The van der Waals surface area contributed by atoms with E-state index in [9.17, 15) is 13.2 Å². The van der Waals surface area contributed by atoms with E-state index in [1.165, 1.54) is 166 Å². The molecular weight excluding hydrogens is 896 g/mol. The minimum absolute atomic E-state index is 0. The zero-order valence-corrected chi connectivity index (χ0v) is 41.7. The van der Waals surface area contributed by atoms with Gasteiger partial charge in [0.05, 0.1) is 0 Å². The zero-order chi connectivity index (χ0) is 41.5. The number of hydrogen-bond acceptors (Lipinski definition) is 0. The normalized spacial score (nSPS) is 22.3. The van der Waals surface area contributed by atoms with E-state index in [-0.39, 0.29) is 24.8 Å². The molecule has 0 aromatic heterocycles. The summed E-state index contributed by atoms with van der Waals surface area (Å²) in [6.45, 7) is 10.7. The number of rotatable bonds is 8. The number of benzene rings is 4. The summed E-state index contributed by atoms with van der Waals surface area (Å²) in [5.41, 5.74) is 14.7. The summed E-state index contributed by atoms with van der Waals surface area (Å²) in [4.78, 5) is 0. The smallest absolute Gasteiger partial charge is 0.0270 e. The number of alkyl halides is 3. The first kappa shape index (κ1) is 48.0. The molecule has 4 aliphatic rings. The average Bonchev–Trinajstić information content (AvgIpc) is 4.04. The molecule has 0 unspecified atom stereocenters. The van der Waals surface area contributed by atoms with Crippen molar-refractivity contribution in [1.82, 2.24) is 0 Å². The second kappa shape index (κ2) is 19.8. The predicted molar refractivity (Wildman–Crippen MR) is 241 cm³/mol. The summed E-state index contributed by atoms with van der Waals surface area (Å²) in [7, 11) is 0. The summed E-state index contributed by atoms with van der Waals surface area (Å²) in [6, 6.07) is 37.7. The Kier molecular flexibility index (Phi) is 15.6. The largest absolute Gasteiger partial charge is 1.00 e. The third kappa shape index (κ3) is 11.6. The van der Waals surface area contributed by atoms with Crippen LogP contribution in [-0.2, 0) is 36.2 Å². The van der Waals surface area contributed by atoms with Crippen molar-refractivity contribution in [2.24, 2.45) is 22.7 Å². The Balaban J connectivity index is 0.000000166. The molecular formula is C54H61Cl2F3SiZr-2. The molecule has 61 heavy (non-hydrogen) atoms. The maximum absolute atomic E-state index is 11.4. The Hall–Kier alpha value is -2.43. The van der Waals surface area contributed by atoms with Crippen molar-refractivity contribution in [3.8, 4) is 22.3 Å². The molecule has 10 rings (SSSR count). The number of fused-ring (bicyclic) bond motifs is 6. The van der Waals surface area contributed by atoms with Crippen molar-refractivity contribution in [2.45, 2.75) is 130 Å². The fraction of sp³-hybridized carbons (Fsp3) is 0.444. The summed E-state index contributed by atoms with van der Waals surface area (Å²) in [5.74, 6) is 2.07. The number of hydrogen-bond donors (Lipinski definition) is 0. The van der Waals surface area contributed by atoms with Gasteiger partial charge >= 0.3 is 67.1 Å². The Bertz CT molecular complexity index is 2260. The van der Waals surface area contributed by atoms with E-state index in [2.05, 4.69) is 125 Å². The van der Waals surface area contributed by atoms with Crippen LogP contribution in [0.3, 0.4) is 0 Å². The average molecular weight is 957 g/mol. The predicted octanol–water partition coefficient (Wildman–Crippen LogP) is 10.0. The molecule has 4 aliphatic carbocycles. The summed E-state index contributed by atoms with van der Waals surface area (Å²) < 4.78 is 34.3. The summed E-state index contributed by atoms with van der Waals surface area (Å²) >= 11 is 1.29. The van der Waals surface area contributed by atoms with Crippen molar-refractivity contribution >= 4 is 27.0 Å². The molecule has 0 amide bonds. The molecule has 0 nitrogen and oxygen atoms in total. The van der Waals surface area contributed by atoms with Crippen LogP contribution in [0.25, 0.3) is 43.8 Å². The van der Waals surface area contributed by atoms with Crippen LogP contribution in [0.1, 0.15) is 104 Å². The van der Waals surface area contributed by atoms with Crippen LogP contribution in [0, 0.1) is 50.4 Å². The van der Waals surface area contributed by atoms with Gasteiger partial charge < -0.3 is 24.8 Å². The van der Waals surface area contributed by atoms with Crippen LogP contribution >= 0.6 is 0 Å². The molecule has 6 aromatic carbocycles. The van der Waals surface area contributed by atoms with Gasteiger partial charge in [0, 0.05) is 0 Å². The van der Waals surface area contributed by atoms with Gasteiger partial charge in [-0.05, 0) is 139 Å². The molecule has 0 atom stereocenters. The molecule has 0 heterocycles. The van der Waals surface area contributed by atoms with Gasteiger partial charge in [0.2, 0.25) is 0 Å². The standard InChI is InChI=1S/2C25H27.C4H7F3Si.2ClH.Zr/c2*1-17-10-18(2)12-22(11-17)23-5-3-4-21-13-20(14-24(21)23)16-25-8-6-19(15-25)7-9-25;1-8-3-2-4(5,6)7;;;/h2*3-5,10-14,19H,6-9,15-16H2,1-2H3;2-3H2,1H3;2*1H;/q2*-1;;;;+2/p-2. The monoisotopic (exact) mass is 954 g/mol. The van der Waals surface area contributed by atoms with Gasteiger partial charge in [0.25, 0.3) is 0 Å². The number of halogens is 5. The quantitative estimate of drug-likeness (QED) is 0.105. The topological polar surface area (TPSA) is 0 Å². The van der Waals surface area contributed by atoms with Crippen molar-refractivity contribution < 1.29 is 61.3 Å². The van der Waals surface area contributed by atoms with Gasteiger partial charge in [-0.3, -0.25) is 0 Å². The van der Waals surface area contributed by atoms with E-state index in [1.54, 1.807) is 11.1 Å². The molecule has 322 valence electrons. The van der Waals surface area contributed by atoms with Gasteiger partial charge in [-0.25, -0.2) is 0 Å². The Labute approximate surface area is 390 Å². The van der Waals surface area contributed by atoms with Crippen LogP contribution in [0.2, 0.25) is 12.6 Å². The second-order valence-corrected chi connectivity index (χ2v) is 28.0. The van der Waals surface area contributed by atoms with Crippen molar-refractivity contribution in [1.29, 1.82) is 0 Å². The maximum atomic E-state index is 11.4. The van der Waals surface area contributed by atoms with Crippen LogP contribution in [0.4, 0.5) is 13.2 Å². The Morgan fingerprint density at radius 3 is 1.28 bits per heavy atom. The molecule has 0 radical (unpaired) electrons. The first-order valence-corrected chi connectivity index (χ1v) is 28.2. The minimum Gasteiger partial charge on any atom is -1.00 e. The first-order chi connectivity index (χ1) is 28.1. The van der Waals surface area contributed by atoms with Gasteiger partial charge in [-0.15, -0.1) is 69.1 Å². The third-order valence-electron chi connectivity index (χ3n) is 14.4. The van der Waals surface area contributed by atoms with Gasteiger partial charge in [0.15, 0.2) is 0 Å². The Morgan fingerprint density at radius 1 is 0.607 bits per heavy atom. The fourth-order valence-corrected chi connectivity index (χ4v) is 13.5. The van der Waals surface area contributed by atoms with Crippen LogP contribution in [0.5, 0.6) is 0 Å². The van der Waals surface area contributed by atoms with E-state index in [1.807, 2.05) is 6.55 Å². The van der Waals surface area contributed by atoms with Gasteiger partial charge in [-0.1, -0.05) is 81.9 Å². The summed E-state index contributed by atoms with van der Waals surface area (Å²) in [6.07, 6.45) is 12.8. The van der Waals surface area contributed by atoms with E-state index >= 15 is 0 Å². The number of aryl methyl sites for hydroxylation is 4. The van der Waals surface area contributed by atoms with Crippen molar-refractivity contribution in [3.63, 3.8) is 0 Å². The van der Waals surface area contributed by atoms with Gasteiger partial charge in [0.1, 0.15) is 0 Å².